The number of aliphatic hydroxyl groups is 1. The fourth-order valence-electron chi connectivity index (χ4n) is 4.29. The first-order chi connectivity index (χ1) is 15.3. The molecule has 3 aromatic rings. The van der Waals surface area contributed by atoms with Gasteiger partial charge in [0.2, 0.25) is 0 Å². The van der Waals surface area contributed by atoms with Crippen molar-refractivity contribution in [2.45, 2.75) is 26.3 Å². The highest BCUT2D eigenvalue weighted by Crippen LogP contribution is 2.40. The largest absolute Gasteiger partial charge is 0.505 e. The van der Waals surface area contributed by atoms with Crippen LogP contribution in [0.2, 0.25) is 0 Å². The molecule has 1 amide bonds. The van der Waals surface area contributed by atoms with Crippen LogP contribution in [-0.4, -0.2) is 63.2 Å². The van der Waals surface area contributed by atoms with Gasteiger partial charge in [-0.3, -0.25) is 14.0 Å². The van der Waals surface area contributed by atoms with Crippen molar-refractivity contribution in [2.24, 2.45) is 0 Å². The number of carbonyl (C=O) groups excluding carboxylic acids is 2. The highest BCUT2D eigenvalue weighted by atomic mass is 16.3. The summed E-state index contributed by atoms with van der Waals surface area (Å²) in [7, 11) is 3.94. The zero-order valence-electron chi connectivity index (χ0n) is 18.9. The van der Waals surface area contributed by atoms with Gasteiger partial charge in [0.15, 0.2) is 5.76 Å². The fraction of sp³-hybridized carbons (Fsp3) is 0.320. The zero-order chi connectivity index (χ0) is 23.0. The highest BCUT2D eigenvalue weighted by molar-refractivity contribution is 6.46. The molecule has 1 N–H and O–H groups in total. The normalized spacial score (nSPS) is 18.3. The molecule has 1 atom stereocenters. The minimum Gasteiger partial charge on any atom is -0.505 e. The molecule has 0 radical (unpaired) electrons. The van der Waals surface area contributed by atoms with Gasteiger partial charge in [-0.05, 0) is 58.6 Å². The molecule has 1 aliphatic rings. The van der Waals surface area contributed by atoms with Crippen LogP contribution >= 0.6 is 0 Å². The van der Waals surface area contributed by atoms with Gasteiger partial charge in [0, 0.05) is 12.7 Å². The lowest BCUT2D eigenvalue weighted by molar-refractivity contribution is -0.139. The van der Waals surface area contributed by atoms with Gasteiger partial charge < -0.3 is 14.9 Å². The number of amides is 1. The number of hydrogen-bond acceptors (Lipinski definition) is 5. The summed E-state index contributed by atoms with van der Waals surface area (Å²) in [5, 5.41) is 11.4. The van der Waals surface area contributed by atoms with Gasteiger partial charge in [-0.25, -0.2) is 4.98 Å². The second-order valence-electron chi connectivity index (χ2n) is 8.53. The first kappa shape index (κ1) is 21.8. The molecule has 0 aliphatic carbocycles. The average molecular weight is 433 g/mol. The average Bonchev–Trinajstić information content (AvgIpc) is 3.22. The van der Waals surface area contributed by atoms with Crippen LogP contribution in [0, 0.1) is 13.8 Å². The molecule has 3 heterocycles. The predicted molar refractivity (Wildman–Crippen MR) is 123 cm³/mol. The van der Waals surface area contributed by atoms with Gasteiger partial charge in [0.25, 0.3) is 11.7 Å². The van der Waals surface area contributed by atoms with Crippen molar-refractivity contribution >= 4 is 23.1 Å². The molecule has 166 valence electrons. The molecule has 0 spiro atoms. The molecule has 0 saturated carbocycles. The minimum absolute atomic E-state index is 0.109. The van der Waals surface area contributed by atoms with Crippen molar-refractivity contribution in [3.63, 3.8) is 0 Å². The molecule has 1 aromatic carbocycles. The van der Waals surface area contributed by atoms with Crippen molar-refractivity contribution in [1.82, 2.24) is 19.2 Å². The van der Waals surface area contributed by atoms with E-state index in [2.05, 4.69) is 4.98 Å². The Morgan fingerprint density at radius 2 is 1.81 bits per heavy atom. The van der Waals surface area contributed by atoms with Crippen LogP contribution in [-0.2, 0) is 9.59 Å². The number of imidazole rings is 1. The van der Waals surface area contributed by atoms with Crippen molar-refractivity contribution in [3.05, 3.63) is 76.7 Å². The van der Waals surface area contributed by atoms with E-state index in [1.807, 2.05) is 68.4 Å². The van der Waals surface area contributed by atoms with E-state index in [0.717, 1.165) is 24.1 Å². The van der Waals surface area contributed by atoms with E-state index in [4.69, 9.17) is 0 Å². The van der Waals surface area contributed by atoms with Crippen LogP contribution in [0.5, 0.6) is 0 Å². The number of nitrogens with zero attached hydrogens (tertiary/aromatic N) is 4. The van der Waals surface area contributed by atoms with Crippen LogP contribution in [0.4, 0.5) is 0 Å². The number of fused-ring (bicyclic) bond motifs is 1. The first-order valence-electron chi connectivity index (χ1n) is 10.7. The number of likely N-dealkylation sites (tertiary alicyclic amines) is 1. The topological polar surface area (TPSA) is 78.1 Å². The molecule has 0 unspecified atom stereocenters. The van der Waals surface area contributed by atoms with Crippen LogP contribution in [0.3, 0.4) is 0 Å². The lowest BCUT2D eigenvalue weighted by Crippen LogP contribution is -2.32. The van der Waals surface area contributed by atoms with Crippen molar-refractivity contribution in [2.75, 3.05) is 27.2 Å². The van der Waals surface area contributed by atoms with E-state index < -0.39 is 17.7 Å². The lowest BCUT2D eigenvalue weighted by Gasteiger charge is -2.26. The van der Waals surface area contributed by atoms with Crippen molar-refractivity contribution < 1.29 is 14.7 Å². The molecule has 7 heteroatoms. The SMILES string of the molecule is Cc1ccc([C@H]2C(=C(O)c3c(C)nc4ccccn34)C(=O)C(=O)N2CCCN(C)C)cc1. The van der Waals surface area contributed by atoms with E-state index >= 15 is 0 Å². The minimum atomic E-state index is -0.664. The lowest BCUT2D eigenvalue weighted by atomic mass is 9.95. The number of carbonyl (C=O) groups is 2. The number of benzene rings is 1. The highest BCUT2D eigenvalue weighted by Gasteiger charge is 2.46. The van der Waals surface area contributed by atoms with E-state index in [-0.39, 0.29) is 11.3 Å². The Labute approximate surface area is 187 Å². The number of rotatable bonds is 6. The zero-order valence-corrected chi connectivity index (χ0v) is 18.9. The maximum Gasteiger partial charge on any atom is 0.295 e. The number of hydrogen-bond donors (Lipinski definition) is 1. The predicted octanol–water partition coefficient (Wildman–Crippen LogP) is 3.32. The summed E-state index contributed by atoms with van der Waals surface area (Å²) >= 11 is 0. The van der Waals surface area contributed by atoms with Crippen molar-refractivity contribution in [3.8, 4) is 0 Å². The summed E-state index contributed by atoms with van der Waals surface area (Å²) in [6.07, 6.45) is 2.51. The summed E-state index contributed by atoms with van der Waals surface area (Å²) < 4.78 is 1.75. The van der Waals surface area contributed by atoms with Crippen molar-refractivity contribution in [1.29, 1.82) is 0 Å². The standard InChI is InChI=1S/C25H28N4O3/c1-16-9-11-18(12-10-16)22-20(24(31)25(32)29(22)15-7-13-27(3)4)23(30)21-17(2)26-19-8-5-6-14-28(19)21/h5-6,8-12,14,22,30H,7,13,15H2,1-4H3/t22-/m0/s1. The monoisotopic (exact) mass is 432 g/mol. The van der Waals surface area contributed by atoms with E-state index in [1.165, 1.54) is 0 Å². The fourth-order valence-corrected chi connectivity index (χ4v) is 4.29. The Kier molecular flexibility index (Phi) is 5.84. The molecule has 32 heavy (non-hydrogen) atoms. The molecular formula is C25H28N4O3. The third-order valence-corrected chi connectivity index (χ3v) is 5.87. The summed E-state index contributed by atoms with van der Waals surface area (Å²) in [5.41, 5.74) is 3.68. The van der Waals surface area contributed by atoms with Crippen LogP contribution < -0.4 is 0 Å². The Morgan fingerprint density at radius 3 is 2.50 bits per heavy atom. The third-order valence-electron chi connectivity index (χ3n) is 5.87. The van der Waals surface area contributed by atoms with Gasteiger partial charge in [0.05, 0.1) is 17.3 Å². The number of Topliss-reactive ketones (excluding diaryl/α,β-unsaturated/α-hetero) is 1. The van der Waals surface area contributed by atoms with Gasteiger partial charge in [-0.15, -0.1) is 0 Å². The number of ketones is 1. The Morgan fingerprint density at radius 1 is 1.09 bits per heavy atom. The van der Waals surface area contributed by atoms with E-state index in [9.17, 15) is 14.7 Å². The number of pyridine rings is 1. The number of aryl methyl sites for hydroxylation is 2. The third kappa shape index (κ3) is 3.80. The first-order valence-corrected chi connectivity index (χ1v) is 10.7. The maximum absolute atomic E-state index is 13.2. The van der Waals surface area contributed by atoms with Gasteiger partial charge in [-0.1, -0.05) is 35.9 Å². The van der Waals surface area contributed by atoms with E-state index in [0.29, 0.717) is 23.6 Å². The Bertz CT molecular complexity index is 1210. The van der Waals surface area contributed by atoms with Crippen LogP contribution in [0.15, 0.2) is 54.2 Å². The summed E-state index contributed by atoms with van der Waals surface area (Å²) in [4.78, 5) is 34.4. The van der Waals surface area contributed by atoms with Crippen LogP contribution in [0.25, 0.3) is 11.4 Å². The molecule has 7 nitrogen and oxygen atoms in total. The molecule has 1 saturated heterocycles. The van der Waals surface area contributed by atoms with Gasteiger partial charge >= 0.3 is 0 Å². The molecule has 4 rings (SSSR count). The summed E-state index contributed by atoms with van der Waals surface area (Å²) in [5.74, 6) is -1.44. The van der Waals surface area contributed by atoms with Gasteiger partial charge in [0.1, 0.15) is 11.3 Å². The number of aliphatic hydroxyl groups excluding tert-OH is 1. The second-order valence-corrected chi connectivity index (χ2v) is 8.53. The Balaban J connectivity index is 1.87. The molecule has 2 aromatic heterocycles. The van der Waals surface area contributed by atoms with Gasteiger partial charge in [-0.2, -0.15) is 0 Å². The molecule has 1 fully saturated rings. The Hall–Kier alpha value is -3.45. The summed E-state index contributed by atoms with van der Waals surface area (Å²) in [6, 6.07) is 12.6. The number of aromatic nitrogens is 2. The maximum atomic E-state index is 13.2. The smallest absolute Gasteiger partial charge is 0.295 e. The molecule has 0 bridgehead atoms. The molecular weight excluding hydrogens is 404 g/mol. The quantitative estimate of drug-likeness (QED) is 0.367. The summed E-state index contributed by atoms with van der Waals surface area (Å²) in [6.45, 7) is 4.98. The second kappa shape index (κ2) is 8.59. The van der Waals surface area contributed by atoms with Crippen LogP contribution in [0.1, 0.15) is 35.0 Å². The van der Waals surface area contributed by atoms with E-state index in [1.54, 1.807) is 22.4 Å². The molecule has 1 aliphatic heterocycles.